The quantitative estimate of drug-likeness (QED) is 0.622. The third kappa shape index (κ3) is 4.11. The molecule has 2 rings (SSSR count). The molecule has 8 heteroatoms. The van der Waals surface area contributed by atoms with Gasteiger partial charge in [-0.05, 0) is 28.0 Å². The van der Waals surface area contributed by atoms with Crippen LogP contribution in [0.3, 0.4) is 0 Å². The summed E-state index contributed by atoms with van der Waals surface area (Å²) in [6, 6.07) is 2.76. The number of carboxylic acids is 1. The van der Waals surface area contributed by atoms with Crippen LogP contribution in [0.2, 0.25) is 25.7 Å². The highest BCUT2D eigenvalue weighted by atomic mass is 79.9. The van der Waals surface area contributed by atoms with Crippen molar-refractivity contribution in [3.8, 4) is 0 Å². The lowest BCUT2D eigenvalue weighted by atomic mass is 10.3. The smallest absolute Gasteiger partial charge is 0.357 e. The Labute approximate surface area is 132 Å². The lowest BCUT2D eigenvalue weighted by Gasteiger charge is -2.15. The molecule has 21 heavy (non-hydrogen) atoms. The van der Waals surface area contributed by atoms with Gasteiger partial charge in [0, 0.05) is 25.4 Å². The van der Waals surface area contributed by atoms with E-state index in [9.17, 15) is 9.90 Å². The van der Waals surface area contributed by atoms with Crippen molar-refractivity contribution < 1.29 is 14.6 Å². The highest BCUT2D eigenvalue weighted by Crippen LogP contribution is 2.21. The van der Waals surface area contributed by atoms with Crippen LogP contribution in [0.25, 0.3) is 11.0 Å². The van der Waals surface area contributed by atoms with Crippen molar-refractivity contribution in [1.82, 2.24) is 14.8 Å². The molecule has 2 aromatic heterocycles. The summed E-state index contributed by atoms with van der Waals surface area (Å²) in [6.45, 7) is 7.70. The summed E-state index contributed by atoms with van der Waals surface area (Å²) in [7, 11) is -1.14. The number of aromatic carboxylic acids is 1. The second-order valence-corrected chi connectivity index (χ2v) is 12.6. The summed E-state index contributed by atoms with van der Waals surface area (Å²) in [5.74, 6) is -1.07. The first-order valence-corrected chi connectivity index (χ1v) is 11.1. The van der Waals surface area contributed by atoms with Gasteiger partial charge in [-0.2, -0.15) is 5.10 Å². The van der Waals surface area contributed by atoms with Crippen molar-refractivity contribution in [3.05, 3.63) is 22.4 Å². The lowest BCUT2D eigenvalue weighted by molar-refractivity contribution is 0.0676. The van der Waals surface area contributed by atoms with Crippen molar-refractivity contribution in [3.63, 3.8) is 0 Å². The van der Waals surface area contributed by atoms with E-state index in [0.29, 0.717) is 17.6 Å². The molecule has 0 bridgehead atoms. The number of hydrogen-bond donors (Lipinski definition) is 1. The van der Waals surface area contributed by atoms with Crippen molar-refractivity contribution in [1.29, 1.82) is 0 Å². The Morgan fingerprint density at radius 1 is 1.48 bits per heavy atom. The molecular weight excluding hydrogens is 354 g/mol. The van der Waals surface area contributed by atoms with Crippen LogP contribution in [0, 0.1) is 0 Å². The zero-order valence-corrected chi connectivity index (χ0v) is 14.8. The Morgan fingerprint density at radius 3 is 2.81 bits per heavy atom. The molecule has 2 aromatic rings. The number of rotatable bonds is 6. The van der Waals surface area contributed by atoms with Crippen LogP contribution in [0.15, 0.2) is 16.7 Å². The topological polar surface area (TPSA) is 77.2 Å². The van der Waals surface area contributed by atoms with Gasteiger partial charge in [0.1, 0.15) is 6.73 Å². The Balaban J connectivity index is 2.18. The number of pyridine rings is 1. The second-order valence-electron chi connectivity index (χ2n) is 6.03. The van der Waals surface area contributed by atoms with Gasteiger partial charge in [0.25, 0.3) is 0 Å². The fourth-order valence-electron chi connectivity index (χ4n) is 1.81. The number of ether oxygens (including phenoxy) is 1. The number of aromatic nitrogens is 3. The average Bonchev–Trinajstić information content (AvgIpc) is 2.71. The summed E-state index contributed by atoms with van der Waals surface area (Å²) in [5.41, 5.74) is 0.510. The van der Waals surface area contributed by atoms with Crippen LogP contribution in [0.4, 0.5) is 0 Å². The van der Waals surface area contributed by atoms with Gasteiger partial charge in [0.15, 0.2) is 11.3 Å². The normalized spacial score (nSPS) is 12.0. The SMILES string of the molecule is C[Si](C)(C)CCOCn1nc(C(=O)O)c2cc(Br)cnc21. The molecular formula is C13H18BrN3O3Si. The maximum Gasteiger partial charge on any atom is 0.357 e. The monoisotopic (exact) mass is 371 g/mol. The molecule has 0 atom stereocenters. The van der Waals surface area contributed by atoms with Gasteiger partial charge < -0.3 is 9.84 Å². The van der Waals surface area contributed by atoms with Crippen molar-refractivity contribution in [2.24, 2.45) is 0 Å². The van der Waals surface area contributed by atoms with Crippen LogP contribution in [0.1, 0.15) is 10.5 Å². The maximum atomic E-state index is 11.2. The molecule has 0 spiro atoms. The zero-order valence-electron chi connectivity index (χ0n) is 12.3. The van der Waals surface area contributed by atoms with Crippen molar-refractivity contribution >= 4 is 41.0 Å². The van der Waals surface area contributed by atoms with Gasteiger partial charge in [-0.25, -0.2) is 14.5 Å². The van der Waals surface area contributed by atoms with E-state index < -0.39 is 14.0 Å². The zero-order chi connectivity index (χ0) is 15.6. The fourth-order valence-corrected chi connectivity index (χ4v) is 2.90. The minimum atomic E-state index is -1.14. The van der Waals surface area contributed by atoms with E-state index >= 15 is 0 Å². The summed E-state index contributed by atoms with van der Waals surface area (Å²) >= 11 is 3.29. The first-order chi connectivity index (χ1) is 9.78. The Morgan fingerprint density at radius 2 is 2.19 bits per heavy atom. The molecule has 0 saturated heterocycles. The van der Waals surface area contributed by atoms with Crippen LogP contribution in [-0.2, 0) is 11.5 Å². The Hall–Kier alpha value is -1.25. The molecule has 0 aliphatic rings. The molecule has 114 valence electrons. The van der Waals surface area contributed by atoms with Gasteiger partial charge in [0.2, 0.25) is 0 Å². The highest BCUT2D eigenvalue weighted by molar-refractivity contribution is 9.10. The van der Waals surface area contributed by atoms with Gasteiger partial charge in [0.05, 0.1) is 5.39 Å². The fraction of sp³-hybridized carbons (Fsp3) is 0.462. The summed E-state index contributed by atoms with van der Waals surface area (Å²) in [4.78, 5) is 15.5. The predicted octanol–water partition coefficient (Wildman–Crippen LogP) is 3.20. The molecule has 0 aromatic carbocycles. The first kappa shape index (κ1) is 16.1. The minimum absolute atomic E-state index is 0.00686. The van der Waals surface area contributed by atoms with Crippen LogP contribution in [-0.4, -0.2) is 40.5 Å². The van der Waals surface area contributed by atoms with Crippen LogP contribution < -0.4 is 0 Å². The van der Waals surface area contributed by atoms with E-state index in [1.807, 2.05) is 0 Å². The van der Waals surface area contributed by atoms with Crippen LogP contribution in [0.5, 0.6) is 0 Å². The van der Waals surface area contributed by atoms with Gasteiger partial charge in [-0.1, -0.05) is 19.6 Å². The lowest BCUT2D eigenvalue weighted by Crippen LogP contribution is -2.22. The molecule has 0 saturated carbocycles. The van der Waals surface area contributed by atoms with Crippen LogP contribution >= 0.6 is 15.9 Å². The van der Waals surface area contributed by atoms with E-state index in [-0.39, 0.29) is 12.4 Å². The molecule has 0 radical (unpaired) electrons. The molecule has 0 unspecified atom stereocenters. The number of carbonyl (C=O) groups is 1. The molecule has 0 aliphatic heterocycles. The van der Waals surface area contributed by atoms with E-state index in [0.717, 1.165) is 10.5 Å². The minimum Gasteiger partial charge on any atom is -0.476 e. The summed E-state index contributed by atoms with van der Waals surface area (Å²) in [5, 5.41) is 13.8. The highest BCUT2D eigenvalue weighted by Gasteiger charge is 2.18. The number of nitrogens with zero attached hydrogens (tertiary/aromatic N) is 3. The van der Waals surface area contributed by atoms with E-state index in [1.54, 1.807) is 12.3 Å². The molecule has 0 aliphatic carbocycles. The Bertz CT molecular complexity index is 666. The third-order valence-corrected chi connectivity index (χ3v) is 5.10. The molecule has 2 heterocycles. The third-order valence-electron chi connectivity index (χ3n) is 2.97. The Kier molecular flexibility index (Phi) is 4.80. The molecule has 6 nitrogen and oxygen atoms in total. The van der Waals surface area contributed by atoms with Gasteiger partial charge >= 0.3 is 5.97 Å². The summed E-state index contributed by atoms with van der Waals surface area (Å²) < 4.78 is 7.83. The molecule has 0 amide bonds. The van der Waals surface area contributed by atoms with Crippen molar-refractivity contribution in [2.45, 2.75) is 32.4 Å². The average molecular weight is 372 g/mol. The maximum absolute atomic E-state index is 11.2. The summed E-state index contributed by atoms with van der Waals surface area (Å²) in [6.07, 6.45) is 1.62. The van der Waals surface area contributed by atoms with E-state index in [2.05, 4.69) is 45.7 Å². The van der Waals surface area contributed by atoms with Gasteiger partial charge in [-0.3, -0.25) is 0 Å². The van der Waals surface area contributed by atoms with Crippen molar-refractivity contribution in [2.75, 3.05) is 6.61 Å². The number of hydrogen-bond acceptors (Lipinski definition) is 4. The molecule has 0 fully saturated rings. The number of carboxylic acid groups (broad SMARTS) is 1. The molecule has 1 N–H and O–H groups in total. The van der Waals surface area contributed by atoms with Gasteiger partial charge in [-0.15, -0.1) is 0 Å². The van der Waals surface area contributed by atoms with E-state index in [4.69, 9.17) is 4.74 Å². The number of fused-ring (bicyclic) bond motifs is 1. The largest absolute Gasteiger partial charge is 0.476 e. The first-order valence-electron chi connectivity index (χ1n) is 6.61. The standard InChI is InChI=1S/C13H18BrN3O3Si/c1-21(2,3)5-4-20-8-17-12-10(6-9(14)7-15-12)11(16-17)13(18)19/h6-7H,4-5,8H2,1-3H3,(H,18,19). The van der Waals surface area contributed by atoms with E-state index in [1.165, 1.54) is 4.68 Å². The number of halogens is 1. The second kappa shape index (κ2) is 6.25. The predicted molar refractivity (Wildman–Crippen MR) is 86.3 cm³/mol.